The molecule has 0 aliphatic heterocycles. The smallest absolute Gasteiger partial charge is 0.191 e. The predicted molar refractivity (Wildman–Crippen MR) is 121 cm³/mol. The van der Waals surface area contributed by atoms with Crippen LogP contribution >= 0.6 is 11.8 Å². The molecule has 4 rings (SSSR count). The topological polar surface area (TPSA) is 52.8 Å². The Kier molecular flexibility index (Phi) is 6.44. The van der Waals surface area contributed by atoms with Crippen molar-refractivity contribution >= 4 is 11.8 Å². The van der Waals surface area contributed by atoms with Crippen molar-refractivity contribution in [2.24, 2.45) is 0 Å². The molecule has 4 aromatic rings. The third-order valence-electron chi connectivity index (χ3n) is 4.81. The maximum atomic E-state index is 6.05. The Bertz CT molecular complexity index is 1080. The molecular formula is C24H24N4OS. The van der Waals surface area contributed by atoms with Gasteiger partial charge in [0, 0.05) is 23.7 Å². The van der Waals surface area contributed by atoms with E-state index in [0.717, 1.165) is 39.2 Å². The maximum absolute atomic E-state index is 6.05. The number of rotatable bonds is 8. The highest BCUT2D eigenvalue weighted by molar-refractivity contribution is 7.99. The summed E-state index contributed by atoms with van der Waals surface area (Å²) < 4.78 is 8.21. The highest BCUT2D eigenvalue weighted by Gasteiger charge is 2.15. The van der Waals surface area contributed by atoms with Gasteiger partial charge in [0.25, 0.3) is 0 Å². The van der Waals surface area contributed by atoms with E-state index >= 15 is 0 Å². The number of pyridine rings is 1. The van der Waals surface area contributed by atoms with E-state index in [-0.39, 0.29) is 0 Å². The fourth-order valence-electron chi connectivity index (χ4n) is 3.32. The summed E-state index contributed by atoms with van der Waals surface area (Å²) in [7, 11) is 0. The van der Waals surface area contributed by atoms with E-state index < -0.39 is 0 Å². The number of thioether (sulfide) groups is 1. The van der Waals surface area contributed by atoms with Crippen LogP contribution in [0.5, 0.6) is 5.75 Å². The summed E-state index contributed by atoms with van der Waals surface area (Å²) in [5.74, 6) is 2.61. The summed E-state index contributed by atoms with van der Waals surface area (Å²) >= 11 is 1.66. The number of nitrogens with zero attached hydrogens (tertiary/aromatic N) is 4. The molecule has 2 aromatic heterocycles. The van der Waals surface area contributed by atoms with Crippen LogP contribution in [0, 0.1) is 13.8 Å². The molecule has 0 N–H and O–H groups in total. The highest BCUT2D eigenvalue weighted by atomic mass is 32.2. The van der Waals surface area contributed by atoms with Crippen LogP contribution in [-0.4, -0.2) is 32.1 Å². The molecule has 0 saturated carbocycles. The van der Waals surface area contributed by atoms with Crippen LogP contribution in [-0.2, 0) is 6.54 Å². The number of hydrogen-bond donors (Lipinski definition) is 0. The van der Waals surface area contributed by atoms with E-state index in [1.165, 1.54) is 5.56 Å². The maximum Gasteiger partial charge on any atom is 0.191 e. The monoisotopic (exact) mass is 416 g/mol. The van der Waals surface area contributed by atoms with E-state index in [9.17, 15) is 0 Å². The van der Waals surface area contributed by atoms with Gasteiger partial charge in [0.05, 0.1) is 13.2 Å². The van der Waals surface area contributed by atoms with E-state index in [2.05, 4.69) is 76.1 Å². The molecule has 0 amide bonds. The average Bonchev–Trinajstić information content (AvgIpc) is 3.16. The molecule has 2 heterocycles. The summed E-state index contributed by atoms with van der Waals surface area (Å²) in [5, 5.41) is 9.82. The molecule has 6 heteroatoms. The van der Waals surface area contributed by atoms with Crippen LogP contribution < -0.4 is 4.74 Å². The van der Waals surface area contributed by atoms with Crippen LogP contribution in [0.25, 0.3) is 11.4 Å². The number of aromatic nitrogens is 4. The largest absolute Gasteiger partial charge is 0.492 e. The van der Waals surface area contributed by atoms with Gasteiger partial charge in [-0.05, 0) is 42.7 Å². The van der Waals surface area contributed by atoms with Gasteiger partial charge in [-0.15, -0.1) is 10.2 Å². The number of ether oxygens (including phenoxy) is 1. The highest BCUT2D eigenvalue weighted by Crippen LogP contribution is 2.26. The molecule has 0 unspecified atom stereocenters. The lowest BCUT2D eigenvalue weighted by molar-refractivity contribution is 0.339. The van der Waals surface area contributed by atoms with Gasteiger partial charge >= 0.3 is 0 Å². The molecule has 30 heavy (non-hydrogen) atoms. The SMILES string of the molecule is Cc1cccc(C)c1OCCSc1nnc(-c2ccncc2)n1Cc1ccccc1. The van der Waals surface area contributed by atoms with Crippen molar-refractivity contribution in [2.45, 2.75) is 25.5 Å². The summed E-state index contributed by atoms with van der Waals surface area (Å²) in [6, 6.07) is 20.5. The lowest BCUT2D eigenvalue weighted by Crippen LogP contribution is -2.07. The summed E-state index contributed by atoms with van der Waals surface area (Å²) in [6.07, 6.45) is 3.56. The minimum absolute atomic E-state index is 0.610. The third kappa shape index (κ3) is 4.71. The van der Waals surface area contributed by atoms with Crippen LogP contribution in [0.1, 0.15) is 16.7 Å². The van der Waals surface area contributed by atoms with Crippen LogP contribution in [0.3, 0.4) is 0 Å². The number of benzene rings is 2. The Balaban J connectivity index is 1.50. The molecule has 0 aliphatic carbocycles. The van der Waals surface area contributed by atoms with E-state index in [1.54, 1.807) is 24.2 Å². The van der Waals surface area contributed by atoms with Gasteiger partial charge < -0.3 is 4.74 Å². The fourth-order valence-corrected chi connectivity index (χ4v) is 4.08. The molecule has 0 atom stereocenters. The van der Waals surface area contributed by atoms with Gasteiger partial charge in [0.1, 0.15) is 5.75 Å². The molecular weight excluding hydrogens is 392 g/mol. The first kappa shape index (κ1) is 20.2. The molecule has 0 fully saturated rings. The lowest BCUT2D eigenvalue weighted by Gasteiger charge is -2.12. The first-order chi connectivity index (χ1) is 14.7. The Morgan fingerprint density at radius 3 is 2.33 bits per heavy atom. The molecule has 2 aromatic carbocycles. The van der Waals surface area contributed by atoms with Gasteiger partial charge in [0.2, 0.25) is 0 Å². The second-order valence-electron chi connectivity index (χ2n) is 7.03. The number of hydrogen-bond acceptors (Lipinski definition) is 5. The normalized spacial score (nSPS) is 10.9. The van der Waals surface area contributed by atoms with Crippen molar-refractivity contribution in [1.82, 2.24) is 19.7 Å². The first-order valence-corrected chi connectivity index (χ1v) is 10.9. The van der Waals surface area contributed by atoms with Crippen LogP contribution in [0.4, 0.5) is 0 Å². The second kappa shape index (κ2) is 9.59. The Morgan fingerprint density at radius 2 is 1.60 bits per heavy atom. The number of para-hydroxylation sites is 1. The summed E-state index contributed by atoms with van der Waals surface area (Å²) in [4.78, 5) is 4.12. The van der Waals surface area contributed by atoms with E-state index in [1.807, 2.05) is 18.2 Å². The lowest BCUT2D eigenvalue weighted by atomic mass is 10.1. The minimum Gasteiger partial charge on any atom is -0.492 e. The van der Waals surface area contributed by atoms with Crippen molar-refractivity contribution in [2.75, 3.05) is 12.4 Å². The Hall–Kier alpha value is -3.12. The van der Waals surface area contributed by atoms with Gasteiger partial charge in [-0.2, -0.15) is 0 Å². The van der Waals surface area contributed by atoms with E-state index in [4.69, 9.17) is 4.74 Å². The van der Waals surface area contributed by atoms with Crippen LogP contribution in [0.15, 0.2) is 78.2 Å². The van der Waals surface area contributed by atoms with E-state index in [0.29, 0.717) is 13.2 Å². The molecule has 5 nitrogen and oxygen atoms in total. The van der Waals surface area contributed by atoms with Gasteiger partial charge in [0.15, 0.2) is 11.0 Å². The minimum atomic E-state index is 0.610. The predicted octanol–water partition coefficient (Wildman–Crippen LogP) is 5.18. The average molecular weight is 417 g/mol. The molecule has 0 radical (unpaired) electrons. The van der Waals surface area contributed by atoms with Gasteiger partial charge in [-0.3, -0.25) is 9.55 Å². The zero-order valence-corrected chi connectivity index (χ0v) is 18.0. The van der Waals surface area contributed by atoms with Crippen LogP contribution in [0.2, 0.25) is 0 Å². The number of aryl methyl sites for hydroxylation is 2. The van der Waals surface area contributed by atoms with Crippen molar-refractivity contribution in [3.05, 3.63) is 89.7 Å². The Labute approximate surface area is 181 Å². The van der Waals surface area contributed by atoms with Crippen molar-refractivity contribution in [1.29, 1.82) is 0 Å². The van der Waals surface area contributed by atoms with Crippen molar-refractivity contribution in [3.63, 3.8) is 0 Å². The molecule has 0 aliphatic rings. The Morgan fingerprint density at radius 1 is 0.867 bits per heavy atom. The summed E-state index contributed by atoms with van der Waals surface area (Å²) in [5.41, 5.74) is 4.53. The standard InChI is InChI=1S/C24H24N4OS/c1-18-7-6-8-19(2)22(18)29-15-16-30-24-27-26-23(21-11-13-25-14-12-21)28(24)17-20-9-4-3-5-10-20/h3-14H,15-17H2,1-2H3. The first-order valence-electron chi connectivity index (χ1n) is 9.91. The zero-order chi connectivity index (χ0) is 20.8. The molecule has 0 bridgehead atoms. The molecule has 0 saturated heterocycles. The quantitative estimate of drug-likeness (QED) is 0.293. The zero-order valence-electron chi connectivity index (χ0n) is 17.2. The van der Waals surface area contributed by atoms with Crippen molar-refractivity contribution < 1.29 is 4.74 Å². The van der Waals surface area contributed by atoms with Gasteiger partial charge in [-0.1, -0.05) is 60.3 Å². The molecule has 152 valence electrons. The van der Waals surface area contributed by atoms with Gasteiger partial charge in [-0.25, -0.2) is 0 Å². The third-order valence-corrected chi connectivity index (χ3v) is 5.74. The molecule has 0 spiro atoms. The fraction of sp³-hybridized carbons (Fsp3) is 0.208. The second-order valence-corrected chi connectivity index (χ2v) is 8.09. The van der Waals surface area contributed by atoms with Crippen molar-refractivity contribution in [3.8, 4) is 17.1 Å². The summed E-state index contributed by atoms with van der Waals surface area (Å²) in [6.45, 7) is 5.48.